The van der Waals surface area contributed by atoms with Gasteiger partial charge in [-0.25, -0.2) is 9.98 Å². The SMILES string of the molecule is C=CCNC(=NCc1cccnc1N1CCOCC1)NCC.I. The highest BCUT2D eigenvalue weighted by atomic mass is 127. The van der Waals surface area contributed by atoms with Gasteiger partial charge in [-0.15, -0.1) is 30.6 Å². The fourth-order valence-corrected chi connectivity index (χ4v) is 2.29. The number of morpholine rings is 1. The summed E-state index contributed by atoms with van der Waals surface area (Å²) >= 11 is 0. The summed E-state index contributed by atoms with van der Waals surface area (Å²) < 4.78 is 5.41. The van der Waals surface area contributed by atoms with Crippen molar-refractivity contribution < 1.29 is 4.74 Å². The van der Waals surface area contributed by atoms with Gasteiger partial charge in [0.05, 0.1) is 19.8 Å². The number of rotatable bonds is 6. The molecular formula is C16H26IN5O. The van der Waals surface area contributed by atoms with Gasteiger partial charge in [0, 0.05) is 37.9 Å². The Morgan fingerprint density at radius 1 is 1.43 bits per heavy atom. The molecular weight excluding hydrogens is 405 g/mol. The molecule has 0 unspecified atom stereocenters. The number of guanidine groups is 1. The zero-order chi connectivity index (χ0) is 15.6. The number of hydrogen-bond acceptors (Lipinski definition) is 4. The average molecular weight is 431 g/mol. The Balaban J connectivity index is 0.00000264. The van der Waals surface area contributed by atoms with Crippen molar-refractivity contribution >= 4 is 35.8 Å². The Morgan fingerprint density at radius 2 is 2.22 bits per heavy atom. The molecule has 2 rings (SSSR count). The standard InChI is InChI=1S/C16H25N5O.HI/c1-3-7-19-16(17-4-2)20-13-14-6-5-8-18-15(14)21-9-11-22-12-10-21;/h3,5-6,8H,1,4,7,9-13H2,2H3,(H2,17,19,20);1H. The van der Waals surface area contributed by atoms with E-state index in [9.17, 15) is 0 Å². The summed E-state index contributed by atoms with van der Waals surface area (Å²) in [5.41, 5.74) is 1.13. The van der Waals surface area contributed by atoms with Crippen LogP contribution in [-0.4, -0.2) is 50.3 Å². The Bertz CT molecular complexity index is 503. The third kappa shape index (κ3) is 6.34. The van der Waals surface area contributed by atoms with Crippen LogP contribution in [0.1, 0.15) is 12.5 Å². The van der Waals surface area contributed by atoms with Crippen LogP contribution in [0.5, 0.6) is 0 Å². The molecule has 6 nitrogen and oxygen atoms in total. The van der Waals surface area contributed by atoms with Crippen LogP contribution in [0.2, 0.25) is 0 Å². The first-order valence-electron chi connectivity index (χ1n) is 7.74. The third-order valence-corrected chi connectivity index (χ3v) is 3.34. The predicted molar refractivity (Wildman–Crippen MR) is 106 cm³/mol. The maximum atomic E-state index is 5.41. The molecule has 1 aromatic rings. The normalized spacial score (nSPS) is 14.8. The van der Waals surface area contributed by atoms with E-state index >= 15 is 0 Å². The lowest BCUT2D eigenvalue weighted by Crippen LogP contribution is -2.38. The summed E-state index contributed by atoms with van der Waals surface area (Å²) in [6.45, 7) is 11.1. The van der Waals surface area contributed by atoms with Crippen LogP contribution in [0.4, 0.5) is 5.82 Å². The fourth-order valence-electron chi connectivity index (χ4n) is 2.29. The van der Waals surface area contributed by atoms with Gasteiger partial charge < -0.3 is 20.3 Å². The minimum atomic E-state index is 0. The zero-order valence-corrected chi connectivity index (χ0v) is 16.0. The molecule has 0 atom stereocenters. The highest BCUT2D eigenvalue weighted by Crippen LogP contribution is 2.19. The summed E-state index contributed by atoms with van der Waals surface area (Å²) in [7, 11) is 0. The topological polar surface area (TPSA) is 61.8 Å². The molecule has 0 saturated carbocycles. The number of halogens is 1. The van der Waals surface area contributed by atoms with E-state index in [1.807, 2.05) is 25.3 Å². The Labute approximate surface area is 155 Å². The van der Waals surface area contributed by atoms with E-state index in [0.29, 0.717) is 13.1 Å². The van der Waals surface area contributed by atoms with Crippen LogP contribution >= 0.6 is 24.0 Å². The number of pyridine rings is 1. The first-order valence-corrected chi connectivity index (χ1v) is 7.74. The molecule has 0 amide bonds. The summed E-state index contributed by atoms with van der Waals surface area (Å²) in [5.74, 6) is 1.80. The molecule has 1 saturated heterocycles. The average Bonchev–Trinajstić information content (AvgIpc) is 2.58. The van der Waals surface area contributed by atoms with Crippen molar-refractivity contribution in [1.29, 1.82) is 0 Å². The lowest BCUT2D eigenvalue weighted by atomic mass is 10.2. The Hall–Kier alpha value is -1.35. The first-order chi connectivity index (χ1) is 10.8. The molecule has 1 aliphatic rings. The molecule has 0 bridgehead atoms. The van der Waals surface area contributed by atoms with E-state index in [2.05, 4.69) is 38.2 Å². The zero-order valence-electron chi connectivity index (χ0n) is 13.6. The molecule has 1 aromatic heterocycles. The maximum absolute atomic E-state index is 5.41. The van der Waals surface area contributed by atoms with E-state index in [1.54, 1.807) is 0 Å². The minimum absolute atomic E-state index is 0. The third-order valence-electron chi connectivity index (χ3n) is 3.34. The van der Waals surface area contributed by atoms with Crippen LogP contribution in [0.25, 0.3) is 0 Å². The number of anilines is 1. The van der Waals surface area contributed by atoms with Crippen LogP contribution in [0.15, 0.2) is 36.0 Å². The van der Waals surface area contributed by atoms with E-state index in [-0.39, 0.29) is 24.0 Å². The minimum Gasteiger partial charge on any atom is -0.378 e. The van der Waals surface area contributed by atoms with Crippen LogP contribution in [0, 0.1) is 0 Å². The Morgan fingerprint density at radius 3 is 2.91 bits per heavy atom. The highest BCUT2D eigenvalue weighted by Gasteiger charge is 2.15. The van der Waals surface area contributed by atoms with Gasteiger partial charge in [0.2, 0.25) is 0 Å². The van der Waals surface area contributed by atoms with Gasteiger partial charge in [0.15, 0.2) is 5.96 Å². The van der Waals surface area contributed by atoms with Gasteiger partial charge in [-0.2, -0.15) is 0 Å². The van der Waals surface area contributed by atoms with Gasteiger partial charge in [0.25, 0.3) is 0 Å². The van der Waals surface area contributed by atoms with Gasteiger partial charge in [0.1, 0.15) is 5.82 Å². The van der Waals surface area contributed by atoms with Crippen molar-refractivity contribution in [3.05, 3.63) is 36.5 Å². The molecule has 128 valence electrons. The lowest BCUT2D eigenvalue weighted by Gasteiger charge is -2.29. The molecule has 7 heteroatoms. The lowest BCUT2D eigenvalue weighted by molar-refractivity contribution is 0.122. The van der Waals surface area contributed by atoms with Crippen molar-refractivity contribution in [3.63, 3.8) is 0 Å². The van der Waals surface area contributed by atoms with Gasteiger partial charge in [-0.3, -0.25) is 0 Å². The number of aliphatic imine (C=N–C) groups is 1. The molecule has 1 fully saturated rings. The largest absolute Gasteiger partial charge is 0.378 e. The van der Waals surface area contributed by atoms with Crippen LogP contribution in [-0.2, 0) is 11.3 Å². The first kappa shape index (κ1) is 19.7. The van der Waals surface area contributed by atoms with E-state index in [4.69, 9.17) is 4.74 Å². The number of nitrogens with zero attached hydrogens (tertiary/aromatic N) is 3. The predicted octanol–water partition coefficient (Wildman–Crippen LogP) is 1.78. The van der Waals surface area contributed by atoms with E-state index in [1.165, 1.54) is 0 Å². The molecule has 0 spiro atoms. The molecule has 0 aliphatic carbocycles. The second-order valence-electron chi connectivity index (χ2n) is 4.95. The summed E-state index contributed by atoms with van der Waals surface area (Å²) in [4.78, 5) is 11.4. The van der Waals surface area contributed by atoms with Crippen molar-refractivity contribution in [2.45, 2.75) is 13.5 Å². The molecule has 2 heterocycles. The second kappa shape index (κ2) is 11.2. The smallest absolute Gasteiger partial charge is 0.191 e. The summed E-state index contributed by atoms with van der Waals surface area (Å²) in [5, 5.41) is 6.43. The number of nitrogens with one attached hydrogen (secondary N) is 2. The molecule has 0 aromatic carbocycles. The van der Waals surface area contributed by atoms with Gasteiger partial charge >= 0.3 is 0 Å². The van der Waals surface area contributed by atoms with Crippen molar-refractivity contribution in [3.8, 4) is 0 Å². The molecule has 2 N–H and O–H groups in total. The number of hydrogen-bond donors (Lipinski definition) is 2. The van der Waals surface area contributed by atoms with E-state index in [0.717, 1.165) is 50.2 Å². The van der Waals surface area contributed by atoms with Crippen molar-refractivity contribution in [2.75, 3.05) is 44.3 Å². The number of aromatic nitrogens is 1. The van der Waals surface area contributed by atoms with Crippen LogP contribution in [0.3, 0.4) is 0 Å². The molecule has 0 radical (unpaired) electrons. The summed E-state index contributed by atoms with van der Waals surface area (Å²) in [6, 6.07) is 4.04. The van der Waals surface area contributed by atoms with Crippen LogP contribution < -0.4 is 15.5 Å². The van der Waals surface area contributed by atoms with Gasteiger partial charge in [-0.1, -0.05) is 12.1 Å². The monoisotopic (exact) mass is 431 g/mol. The van der Waals surface area contributed by atoms with Crippen molar-refractivity contribution in [1.82, 2.24) is 15.6 Å². The second-order valence-corrected chi connectivity index (χ2v) is 4.95. The Kier molecular flexibility index (Phi) is 9.61. The fraction of sp³-hybridized carbons (Fsp3) is 0.500. The molecule has 1 aliphatic heterocycles. The number of ether oxygens (including phenoxy) is 1. The van der Waals surface area contributed by atoms with Gasteiger partial charge in [-0.05, 0) is 13.0 Å². The quantitative estimate of drug-likeness (QED) is 0.311. The molecule has 23 heavy (non-hydrogen) atoms. The van der Waals surface area contributed by atoms with E-state index < -0.39 is 0 Å². The highest BCUT2D eigenvalue weighted by molar-refractivity contribution is 14.0. The van der Waals surface area contributed by atoms with Crippen molar-refractivity contribution in [2.24, 2.45) is 4.99 Å². The maximum Gasteiger partial charge on any atom is 0.191 e. The summed E-state index contributed by atoms with van der Waals surface area (Å²) in [6.07, 6.45) is 3.65.